The first kappa shape index (κ1) is 22.4. The molecule has 3 aromatic rings. The van der Waals surface area contributed by atoms with Gasteiger partial charge in [0.2, 0.25) is 11.8 Å². The Labute approximate surface area is 188 Å². The number of primary amides is 1. The molecule has 33 heavy (non-hydrogen) atoms. The number of aromatic nitrogens is 1. The molecule has 0 saturated carbocycles. The molecule has 1 unspecified atom stereocenters. The third-order valence-corrected chi connectivity index (χ3v) is 5.39. The second kappa shape index (κ2) is 9.78. The number of carbonyl (C=O) groups is 2. The summed E-state index contributed by atoms with van der Waals surface area (Å²) in [5, 5.41) is 9.06. The fourth-order valence-electron chi connectivity index (χ4n) is 3.65. The lowest BCUT2D eigenvalue weighted by molar-refractivity contribution is 0.0943. The van der Waals surface area contributed by atoms with Crippen molar-refractivity contribution in [3.8, 4) is 11.5 Å². The Kier molecular flexibility index (Phi) is 6.64. The van der Waals surface area contributed by atoms with E-state index in [1.165, 1.54) is 6.07 Å². The fourth-order valence-corrected chi connectivity index (χ4v) is 3.65. The van der Waals surface area contributed by atoms with Gasteiger partial charge in [-0.2, -0.15) is 0 Å². The van der Waals surface area contributed by atoms with Gasteiger partial charge in [-0.25, -0.2) is 13.8 Å². The summed E-state index contributed by atoms with van der Waals surface area (Å²) in [6, 6.07) is 9.72. The minimum atomic E-state index is -0.933. The van der Waals surface area contributed by atoms with Crippen molar-refractivity contribution in [3.05, 3.63) is 65.4 Å². The quantitative estimate of drug-likeness (QED) is 0.434. The Morgan fingerprint density at radius 2 is 1.88 bits per heavy atom. The molecule has 1 atom stereocenters. The first-order valence-corrected chi connectivity index (χ1v) is 10.5. The fraction of sp³-hybridized carbons (Fsp3) is 0.261. The minimum absolute atomic E-state index is 0.165. The van der Waals surface area contributed by atoms with Gasteiger partial charge in [-0.15, -0.1) is 0 Å². The third kappa shape index (κ3) is 5.17. The zero-order valence-electron chi connectivity index (χ0n) is 17.7. The molecule has 8 nitrogen and oxygen atoms in total. The maximum absolute atomic E-state index is 14.1. The monoisotopic (exact) mass is 455 g/mol. The molecule has 10 heteroatoms. The number of hydrogen-bond donors (Lipinski definition) is 4. The van der Waals surface area contributed by atoms with Crippen LogP contribution in [0.3, 0.4) is 0 Å². The third-order valence-electron chi connectivity index (χ3n) is 5.39. The Hall–Kier alpha value is -3.79. The van der Waals surface area contributed by atoms with Crippen LogP contribution in [0.1, 0.15) is 33.7 Å². The first-order valence-electron chi connectivity index (χ1n) is 10.5. The lowest BCUT2D eigenvalue weighted by Crippen LogP contribution is -2.38. The smallest absolute Gasteiger partial charge is 0.273 e. The van der Waals surface area contributed by atoms with Gasteiger partial charge in [0, 0.05) is 17.8 Å². The van der Waals surface area contributed by atoms with E-state index in [2.05, 4.69) is 20.9 Å². The van der Waals surface area contributed by atoms with Crippen molar-refractivity contribution in [1.29, 1.82) is 0 Å². The highest BCUT2D eigenvalue weighted by Gasteiger charge is 2.23. The molecule has 0 radical (unpaired) electrons. The highest BCUT2D eigenvalue weighted by atomic mass is 19.1. The molecule has 172 valence electrons. The highest BCUT2D eigenvalue weighted by molar-refractivity contribution is 5.97. The van der Waals surface area contributed by atoms with Gasteiger partial charge in [-0.05, 0) is 68.2 Å². The van der Waals surface area contributed by atoms with Crippen LogP contribution in [-0.4, -0.2) is 36.4 Å². The largest absolute Gasteiger partial charge is 0.419 e. The lowest BCUT2D eigenvalue weighted by atomic mass is 9.99. The molecule has 1 aliphatic heterocycles. The molecule has 2 aromatic carbocycles. The molecular formula is C23H23F2N5O3. The van der Waals surface area contributed by atoms with Crippen molar-refractivity contribution in [1.82, 2.24) is 15.6 Å². The second-order valence-electron chi connectivity index (χ2n) is 7.78. The van der Waals surface area contributed by atoms with Crippen molar-refractivity contribution in [2.75, 3.05) is 25.0 Å². The van der Waals surface area contributed by atoms with Crippen LogP contribution in [-0.2, 0) is 0 Å². The van der Waals surface area contributed by atoms with E-state index in [-0.39, 0.29) is 17.5 Å². The summed E-state index contributed by atoms with van der Waals surface area (Å²) in [7, 11) is 0. The summed E-state index contributed by atoms with van der Waals surface area (Å²) in [5.41, 5.74) is 5.46. The van der Waals surface area contributed by atoms with E-state index in [0.29, 0.717) is 23.7 Å². The van der Waals surface area contributed by atoms with Crippen molar-refractivity contribution in [2.45, 2.75) is 12.8 Å². The van der Waals surface area contributed by atoms with Gasteiger partial charge >= 0.3 is 0 Å². The SMILES string of the molecule is NC(=O)c1nc(-c2c(F)cccc2F)oc1Nc1ccc(C(=O)NCC2CCCNC2)cc1. The van der Waals surface area contributed by atoms with Crippen LogP contribution in [0.2, 0.25) is 0 Å². The number of hydrogen-bond acceptors (Lipinski definition) is 6. The summed E-state index contributed by atoms with van der Waals surface area (Å²) in [6.07, 6.45) is 2.18. The minimum Gasteiger partial charge on any atom is -0.419 e. The van der Waals surface area contributed by atoms with Gasteiger partial charge in [0.15, 0.2) is 5.69 Å². The Balaban J connectivity index is 1.48. The molecular weight excluding hydrogens is 432 g/mol. The van der Waals surface area contributed by atoms with E-state index in [9.17, 15) is 18.4 Å². The van der Waals surface area contributed by atoms with Crippen LogP contribution >= 0.6 is 0 Å². The molecule has 0 spiro atoms. The molecule has 4 rings (SSSR count). The molecule has 1 saturated heterocycles. The van der Waals surface area contributed by atoms with Crippen molar-refractivity contribution < 1.29 is 22.8 Å². The molecule has 1 fully saturated rings. The Bertz CT molecular complexity index is 1140. The van der Waals surface area contributed by atoms with E-state index in [1.807, 2.05) is 0 Å². The summed E-state index contributed by atoms with van der Waals surface area (Å²) in [4.78, 5) is 28.1. The molecule has 0 bridgehead atoms. The van der Waals surface area contributed by atoms with Crippen molar-refractivity contribution >= 4 is 23.4 Å². The highest BCUT2D eigenvalue weighted by Crippen LogP contribution is 2.31. The normalized spacial score (nSPS) is 15.8. The van der Waals surface area contributed by atoms with E-state index in [1.54, 1.807) is 24.3 Å². The summed E-state index contributed by atoms with van der Waals surface area (Å²) >= 11 is 0. The Morgan fingerprint density at radius 1 is 1.15 bits per heavy atom. The van der Waals surface area contributed by atoms with Gasteiger partial charge in [0.25, 0.3) is 11.8 Å². The molecule has 0 aliphatic carbocycles. The maximum atomic E-state index is 14.1. The number of benzene rings is 2. The van der Waals surface area contributed by atoms with Crippen molar-refractivity contribution in [3.63, 3.8) is 0 Å². The second-order valence-corrected chi connectivity index (χ2v) is 7.78. The first-order chi connectivity index (χ1) is 15.9. The number of nitrogens with one attached hydrogen (secondary N) is 3. The van der Waals surface area contributed by atoms with Crippen LogP contribution in [0.4, 0.5) is 20.4 Å². The van der Waals surface area contributed by atoms with Gasteiger partial charge in [0.05, 0.1) is 0 Å². The summed E-state index contributed by atoms with van der Waals surface area (Å²) in [6.45, 7) is 2.50. The van der Waals surface area contributed by atoms with Gasteiger partial charge in [0.1, 0.15) is 17.2 Å². The number of oxazole rings is 1. The van der Waals surface area contributed by atoms with Crippen LogP contribution < -0.4 is 21.7 Å². The number of amides is 2. The predicted molar refractivity (Wildman–Crippen MR) is 118 cm³/mol. The zero-order valence-corrected chi connectivity index (χ0v) is 17.7. The van der Waals surface area contributed by atoms with Crippen LogP contribution in [0.25, 0.3) is 11.5 Å². The average Bonchev–Trinajstić information content (AvgIpc) is 3.22. The molecule has 1 aromatic heterocycles. The zero-order chi connectivity index (χ0) is 23.4. The predicted octanol–water partition coefficient (Wildman–Crippen LogP) is 3.19. The summed E-state index contributed by atoms with van der Waals surface area (Å²) in [5.74, 6) is -3.08. The van der Waals surface area contributed by atoms with Crippen LogP contribution in [0.5, 0.6) is 0 Å². The van der Waals surface area contributed by atoms with E-state index in [0.717, 1.165) is 38.1 Å². The lowest BCUT2D eigenvalue weighted by Gasteiger charge is -2.22. The van der Waals surface area contributed by atoms with E-state index >= 15 is 0 Å². The van der Waals surface area contributed by atoms with E-state index < -0.39 is 29.0 Å². The van der Waals surface area contributed by atoms with Crippen molar-refractivity contribution in [2.24, 2.45) is 11.7 Å². The molecule has 2 heterocycles. The number of nitrogens with zero attached hydrogens (tertiary/aromatic N) is 1. The van der Waals surface area contributed by atoms with E-state index in [4.69, 9.17) is 10.2 Å². The number of piperidine rings is 1. The topological polar surface area (TPSA) is 122 Å². The standard InChI is InChI=1S/C23H23F2N5O3/c24-16-4-1-5-17(25)18(16)22-30-19(20(26)31)23(33-22)29-15-8-6-14(7-9-15)21(32)28-12-13-3-2-10-27-11-13/h1,4-9,13,27,29H,2-3,10-12H2,(H2,26,31)(H,28,32). The molecule has 2 amide bonds. The number of carbonyl (C=O) groups excluding carboxylic acids is 2. The number of rotatable bonds is 7. The molecule has 1 aliphatic rings. The maximum Gasteiger partial charge on any atom is 0.273 e. The number of anilines is 2. The number of nitrogens with two attached hydrogens (primary N) is 1. The van der Waals surface area contributed by atoms with Crippen LogP contribution in [0.15, 0.2) is 46.9 Å². The van der Waals surface area contributed by atoms with Gasteiger partial charge in [-0.1, -0.05) is 6.07 Å². The van der Waals surface area contributed by atoms with Gasteiger partial charge in [-0.3, -0.25) is 9.59 Å². The molecule has 5 N–H and O–H groups in total. The van der Waals surface area contributed by atoms with Crippen LogP contribution in [0, 0.1) is 17.6 Å². The summed E-state index contributed by atoms with van der Waals surface area (Å²) < 4.78 is 33.6. The Morgan fingerprint density at radius 3 is 2.52 bits per heavy atom. The van der Waals surface area contributed by atoms with Gasteiger partial charge < -0.3 is 26.1 Å². The average molecular weight is 455 g/mol. The number of halogens is 2.